The zero-order chi connectivity index (χ0) is 13.1. The number of hydrogen-bond donors (Lipinski definition) is 1. The van der Waals surface area contributed by atoms with Crippen LogP contribution in [0.4, 0.5) is 0 Å². The molecular formula is C10H13ClN2O2S2. The molecule has 1 aromatic carbocycles. The molecule has 0 aliphatic heterocycles. The minimum absolute atomic E-state index is 0.201. The van der Waals surface area contributed by atoms with E-state index in [-0.39, 0.29) is 11.4 Å². The maximum atomic E-state index is 12.1. The van der Waals surface area contributed by atoms with E-state index in [1.165, 1.54) is 35.6 Å². The van der Waals surface area contributed by atoms with E-state index >= 15 is 0 Å². The van der Waals surface area contributed by atoms with Crippen LogP contribution in [0.25, 0.3) is 0 Å². The van der Waals surface area contributed by atoms with Gasteiger partial charge >= 0.3 is 0 Å². The van der Waals surface area contributed by atoms with Gasteiger partial charge in [-0.1, -0.05) is 23.8 Å². The summed E-state index contributed by atoms with van der Waals surface area (Å²) in [6, 6.07) is 6.01. The van der Waals surface area contributed by atoms with Gasteiger partial charge in [0.15, 0.2) is 0 Å². The van der Waals surface area contributed by atoms with Crippen LogP contribution in [0.2, 0.25) is 5.02 Å². The highest BCUT2D eigenvalue weighted by atomic mass is 35.5. The van der Waals surface area contributed by atoms with Crippen LogP contribution in [-0.4, -0.2) is 31.3 Å². The average molecular weight is 293 g/mol. The number of nitrogens with two attached hydrogens (primary N) is 1. The van der Waals surface area contributed by atoms with Crippen molar-refractivity contribution in [1.29, 1.82) is 0 Å². The molecule has 0 amide bonds. The molecule has 0 aliphatic carbocycles. The van der Waals surface area contributed by atoms with E-state index in [0.717, 1.165) is 0 Å². The Morgan fingerprint density at radius 3 is 2.41 bits per heavy atom. The normalized spacial score (nSPS) is 11.7. The fourth-order valence-corrected chi connectivity index (χ4v) is 2.56. The highest BCUT2D eigenvalue weighted by Gasteiger charge is 2.20. The zero-order valence-electron chi connectivity index (χ0n) is 9.26. The number of rotatable bonds is 5. The molecule has 0 spiro atoms. The summed E-state index contributed by atoms with van der Waals surface area (Å²) in [7, 11) is -2.00. The van der Waals surface area contributed by atoms with Gasteiger partial charge in [0.25, 0.3) is 0 Å². The lowest BCUT2D eigenvalue weighted by Gasteiger charge is -2.16. The van der Waals surface area contributed by atoms with Crippen molar-refractivity contribution in [3.63, 3.8) is 0 Å². The summed E-state index contributed by atoms with van der Waals surface area (Å²) in [4.78, 5) is 0.496. The van der Waals surface area contributed by atoms with Crippen LogP contribution in [-0.2, 0) is 10.0 Å². The molecule has 0 aliphatic rings. The first-order valence-corrected chi connectivity index (χ1v) is 7.07. The van der Waals surface area contributed by atoms with E-state index in [0.29, 0.717) is 16.4 Å². The number of hydrogen-bond acceptors (Lipinski definition) is 3. The van der Waals surface area contributed by atoms with Gasteiger partial charge < -0.3 is 5.73 Å². The molecule has 94 valence electrons. The van der Waals surface area contributed by atoms with Crippen molar-refractivity contribution < 1.29 is 8.42 Å². The number of benzene rings is 1. The Bertz CT molecular complexity index is 500. The topological polar surface area (TPSA) is 63.4 Å². The summed E-state index contributed by atoms with van der Waals surface area (Å²) >= 11 is 10.4. The smallest absolute Gasteiger partial charge is 0.242 e. The van der Waals surface area contributed by atoms with Crippen LogP contribution in [0, 0.1) is 0 Å². The highest BCUT2D eigenvalue weighted by molar-refractivity contribution is 7.89. The molecule has 0 heterocycles. The van der Waals surface area contributed by atoms with Gasteiger partial charge in [0.2, 0.25) is 10.0 Å². The minimum Gasteiger partial charge on any atom is -0.393 e. The first-order chi connectivity index (χ1) is 7.84. The van der Waals surface area contributed by atoms with Crippen LogP contribution in [0.1, 0.15) is 6.42 Å². The molecule has 2 N–H and O–H groups in total. The molecule has 0 radical (unpaired) electrons. The minimum atomic E-state index is -3.49. The zero-order valence-corrected chi connectivity index (χ0v) is 11.6. The largest absolute Gasteiger partial charge is 0.393 e. The van der Waals surface area contributed by atoms with Crippen LogP contribution >= 0.6 is 23.8 Å². The molecule has 1 rings (SSSR count). The molecule has 0 unspecified atom stereocenters. The number of thiocarbonyl (C=S) groups is 1. The Morgan fingerprint density at radius 2 is 1.94 bits per heavy atom. The Labute approximate surface area is 111 Å². The van der Waals surface area contributed by atoms with Crippen LogP contribution in [0.3, 0.4) is 0 Å². The van der Waals surface area contributed by atoms with E-state index in [1.54, 1.807) is 0 Å². The third-order valence-corrected chi connectivity index (χ3v) is 4.52. The summed E-state index contributed by atoms with van der Waals surface area (Å²) in [5, 5.41) is 0.495. The van der Waals surface area contributed by atoms with Gasteiger partial charge in [-0.3, -0.25) is 0 Å². The quantitative estimate of drug-likeness (QED) is 0.838. The van der Waals surface area contributed by atoms with Gasteiger partial charge in [-0.15, -0.1) is 0 Å². The third kappa shape index (κ3) is 3.92. The Hall–Kier alpha value is -0.690. The summed E-state index contributed by atoms with van der Waals surface area (Å²) in [6.45, 7) is 0.264. The van der Waals surface area contributed by atoms with Crippen molar-refractivity contribution in [3.05, 3.63) is 29.3 Å². The van der Waals surface area contributed by atoms with Gasteiger partial charge in [0, 0.05) is 25.0 Å². The Balaban J connectivity index is 2.87. The molecule has 0 saturated heterocycles. The molecule has 0 aromatic heterocycles. The maximum absolute atomic E-state index is 12.1. The molecule has 0 bridgehead atoms. The molecule has 0 atom stereocenters. The summed E-state index contributed by atoms with van der Waals surface area (Å²) in [5.74, 6) is 0. The van der Waals surface area contributed by atoms with Gasteiger partial charge in [-0.2, -0.15) is 0 Å². The molecule has 7 heteroatoms. The first-order valence-electron chi connectivity index (χ1n) is 4.84. The number of sulfonamides is 1. The predicted octanol–water partition coefficient (Wildman–Crippen LogP) is 1.64. The lowest BCUT2D eigenvalue weighted by Crippen LogP contribution is -2.30. The first kappa shape index (κ1) is 14.4. The van der Waals surface area contributed by atoms with Crippen molar-refractivity contribution in [2.45, 2.75) is 11.3 Å². The molecule has 17 heavy (non-hydrogen) atoms. The maximum Gasteiger partial charge on any atom is 0.242 e. The van der Waals surface area contributed by atoms with Gasteiger partial charge in [-0.05, 0) is 24.3 Å². The van der Waals surface area contributed by atoms with Crippen molar-refractivity contribution in [2.75, 3.05) is 13.6 Å². The van der Waals surface area contributed by atoms with Gasteiger partial charge in [0.1, 0.15) is 0 Å². The molecule has 1 aromatic rings. The summed E-state index contributed by atoms with van der Waals surface area (Å²) in [6.07, 6.45) is 0.360. The van der Waals surface area contributed by atoms with Crippen LogP contribution < -0.4 is 5.73 Å². The van der Waals surface area contributed by atoms with E-state index < -0.39 is 10.0 Å². The molecule has 4 nitrogen and oxygen atoms in total. The second kappa shape index (κ2) is 5.77. The standard InChI is InChI=1S/C10H13ClN2O2S2/c1-13(7-6-10(12)16)17(14,15)9-4-2-8(11)3-5-9/h2-5H,6-7H2,1H3,(H2,12,16). The molecule has 0 saturated carbocycles. The van der Waals surface area contributed by atoms with E-state index in [2.05, 4.69) is 0 Å². The lowest BCUT2D eigenvalue weighted by atomic mass is 10.4. The second-order valence-corrected chi connectivity index (χ2v) is 6.50. The summed E-state index contributed by atoms with van der Waals surface area (Å²) < 4.78 is 25.3. The Kier molecular flexibility index (Phi) is 4.88. The molecular weight excluding hydrogens is 280 g/mol. The van der Waals surface area contributed by atoms with Gasteiger partial charge in [-0.25, -0.2) is 12.7 Å². The van der Waals surface area contributed by atoms with Gasteiger partial charge in [0.05, 0.1) is 9.88 Å². The van der Waals surface area contributed by atoms with Crippen molar-refractivity contribution in [1.82, 2.24) is 4.31 Å². The number of halogens is 1. The van der Waals surface area contributed by atoms with Crippen LogP contribution in [0.15, 0.2) is 29.2 Å². The van der Waals surface area contributed by atoms with Crippen LogP contribution in [0.5, 0.6) is 0 Å². The van der Waals surface area contributed by atoms with E-state index in [4.69, 9.17) is 29.6 Å². The fourth-order valence-electron chi connectivity index (χ4n) is 1.17. The summed E-state index contributed by atoms with van der Waals surface area (Å²) in [5.41, 5.74) is 5.34. The fraction of sp³-hybridized carbons (Fsp3) is 0.300. The van der Waals surface area contributed by atoms with E-state index in [9.17, 15) is 8.42 Å². The SMILES string of the molecule is CN(CCC(N)=S)S(=O)(=O)c1ccc(Cl)cc1. The van der Waals surface area contributed by atoms with E-state index in [1.807, 2.05) is 0 Å². The average Bonchev–Trinajstić information content (AvgIpc) is 2.26. The predicted molar refractivity (Wildman–Crippen MR) is 72.7 cm³/mol. The lowest BCUT2D eigenvalue weighted by molar-refractivity contribution is 0.479. The number of nitrogens with zero attached hydrogens (tertiary/aromatic N) is 1. The Morgan fingerprint density at radius 1 is 1.41 bits per heavy atom. The van der Waals surface area contributed by atoms with Crippen molar-refractivity contribution in [3.8, 4) is 0 Å². The third-order valence-electron chi connectivity index (χ3n) is 2.19. The van der Waals surface area contributed by atoms with Crippen molar-refractivity contribution in [2.24, 2.45) is 5.73 Å². The highest BCUT2D eigenvalue weighted by Crippen LogP contribution is 2.17. The van der Waals surface area contributed by atoms with Crippen molar-refractivity contribution >= 4 is 38.8 Å². The molecule has 0 fully saturated rings. The monoisotopic (exact) mass is 292 g/mol. The second-order valence-electron chi connectivity index (χ2n) is 3.50.